The van der Waals surface area contributed by atoms with Gasteiger partial charge >= 0.3 is 0 Å². The normalized spacial score (nSPS) is 11.2. The lowest BCUT2D eigenvalue weighted by atomic mass is 10.0. The van der Waals surface area contributed by atoms with E-state index >= 15 is 0 Å². The molecular formula is C28H57NO3. The van der Waals surface area contributed by atoms with Gasteiger partial charge in [-0.15, -0.1) is 0 Å². The average molecular weight is 456 g/mol. The van der Waals surface area contributed by atoms with Crippen LogP contribution in [-0.2, 0) is 4.79 Å². The van der Waals surface area contributed by atoms with Crippen molar-refractivity contribution in [2.45, 2.75) is 148 Å². The van der Waals surface area contributed by atoms with Crippen LogP contribution in [0.1, 0.15) is 148 Å². The van der Waals surface area contributed by atoms with Crippen LogP contribution in [0.2, 0.25) is 0 Å². The fourth-order valence-electron chi connectivity index (χ4n) is 4.40. The zero-order chi connectivity index (χ0) is 23.5. The number of rotatable bonds is 26. The number of carbonyl (C=O) groups excluding carboxylic acids is 1. The predicted molar refractivity (Wildman–Crippen MR) is 138 cm³/mol. The van der Waals surface area contributed by atoms with Crippen molar-refractivity contribution < 1.29 is 15.0 Å². The van der Waals surface area contributed by atoms with Crippen LogP contribution in [0.4, 0.5) is 0 Å². The van der Waals surface area contributed by atoms with Gasteiger partial charge in [0.05, 0.1) is 0 Å². The van der Waals surface area contributed by atoms with Gasteiger partial charge in [0.25, 0.3) is 0 Å². The summed E-state index contributed by atoms with van der Waals surface area (Å²) >= 11 is 0. The van der Waals surface area contributed by atoms with Crippen LogP contribution >= 0.6 is 0 Å². The van der Waals surface area contributed by atoms with Gasteiger partial charge in [0, 0.05) is 32.7 Å². The lowest BCUT2D eigenvalue weighted by Gasteiger charge is -2.22. The minimum Gasteiger partial charge on any atom is -0.396 e. The molecule has 0 unspecified atom stereocenters. The molecule has 0 fully saturated rings. The van der Waals surface area contributed by atoms with Gasteiger partial charge in [-0.2, -0.15) is 0 Å². The molecule has 0 aromatic carbocycles. The molecule has 0 aliphatic carbocycles. The lowest BCUT2D eigenvalue weighted by molar-refractivity contribution is -0.131. The molecule has 0 bridgehead atoms. The zero-order valence-corrected chi connectivity index (χ0v) is 21.6. The van der Waals surface area contributed by atoms with Crippen LogP contribution in [0.25, 0.3) is 0 Å². The van der Waals surface area contributed by atoms with E-state index in [2.05, 4.69) is 6.92 Å². The molecular weight excluding hydrogens is 398 g/mol. The molecule has 192 valence electrons. The van der Waals surface area contributed by atoms with E-state index in [0.29, 0.717) is 32.4 Å². The van der Waals surface area contributed by atoms with E-state index in [9.17, 15) is 4.79 Å². The van der Waals surface area contributed by atoms with Gasteiger partial charge in [0.1, 0.15) is 0 Å². The Morgan fingerprint density at radius 1 is 0.500 bits per heavy atom. The van der Waals surface area contributed by atoms with Gasteiger partial charge < -0.3 is 15.1 Å². The first-order valence-electron chi connectivity index (χ1n) is 14.3. The van der Waals surface area contributed by atoms with Crippen molar-refractivity contribution in [1.82, 2.24) is 4.90 Å². The van der Waals surface area contributed by atoms with Gasteiger partial charge in [-0.25, -0.2) is 0 Å². The Bertz CT molecular complexity index is 368. The molecule has 1 amide bonds. The summed E-state index contributed by atoms with van der Waals surface area (Å²) in [6, 6.07) is 0. The predicted octanol–water partition coefficient (Wildman–Crippen LogP) is 7.40. The molecule has 4 nitrogen and oxygen atoms in total. The summed E-state index contributed by atoms with van der Waals surface area (Å²) in [5.41, 5.74) is 0. The fourth-order valence-corrected chi connectivity index (χ4v) is 4.40. The minimum absolute atomic E-state index is 0.113. The van der Waals surface area contributed by atoms with E-state index in [4.69, 9.17) is 10.2 Å². The number of hydrogen-bond acceptors (Lipinski definition) is 3. The van der Waals surface area contributed by atoms with Gasteiger partial charge in [0.15, 0.2) is 0 Å². The summed E-state index contributed by atoms with van der Waals surface area (Å²) in [5, 5.41) is 18.0. The van der Waals surface area contributed by atoms with Crippen LogP contribution in [0.15, 0.2) is 0 Å². The van der Waals surface area contributed by atoms with E-state index in [1.54, 1.807) is 4.90 Å². The molecule has 0 saturated carbocycles. The Morgan fingerprint density at radius 2 is 0.812 bits per heavy atom. The molecule has 0 aromatic rings. The molecule has 0 radical (unpaired) electrons. The van der Waals surface area contributed by atoms with Crippen molar-refractivity contribution in [3.05, 3.63) is 0 Å². The lowest BCUT2D eigenvalue weighted by Crippen LogP contribution is -2.33. The number of carbonyl (C=O) groups is 1. The molecule has 0 aromatic heterocycles. The molecule has 0 saturated heterocycles. The summed E-state index contributed by atoms with van der Waals surface area (Å²) in [6.45, 7) is 3.72. The van der Waals surface area contributed by atoms with Gasteiger partial charge in [-0.05, 0) is 19.3 Å². The second-order valence-electron chi connectivity index (χ2n) is 9.65. The number of unbranched alkanes of at least 4 members (excludes halogenated alkanes) is 18. The Labute approximate surface area is 200 Å². The molecule has 0 heterocycles. The van der Waals surface area contributed by atoms with E-state index in [0.717, 1.165) is 12.8 Å². The van der Waals surface area contributed by atoms with E-state index in [-0.39, 0.29) is 19.1 Å². The van der Waals surface area contributed by atoms with Crippen molar-refractivity contribution in [2.75, 3.05) is 26.3 Å². The maximum atomic E-state index is 12.3. The van der Waals surface area contributed by atoms with Crippen LogP contribution < -0.4 is 0 Å². The Morgan fingerprint density at radius 3 is 1.12 bits per heavy atom. The molecule has 0 rings (SSSR count). The highest BCUT2D eigenvalue weighted by Crippen LogP contribution is 2.15. The second-order valence-corrected chi connectivity index (χ2v) is 9.65. The summed E-state index contributed by atoms with van der Waals surface area (Å²) in [6.07, 6.45) is 27.7. The van der Waals surface area contributed by atoms with Crippen molar-refractivity contribution in [3.63, 3.8) is 0 Å². The first-order chi connectivity index (χ1) is 15.8. The summed E-state index contributed by atoms with van der Waals surface area (Å²) in [7, 11) is 0. The fraction of sp³-hybridized carbons (Fsp3) is 0.964. The smallest absolute Gasteiger partial charge is 0.222 e. The van der Waals surface area contributed by atoms with Gasteiger partial charge in [0.2, 0.25) is 5.91 Å². The number of amides is 1. The van der Waals surface area contributed by atoms with Crippen molar-refractivity contribution in [2.24, 2.45) is 0 Å². The number of aliphatic hydroxyl groups is 2. The molecule has 32 heavy (non-hydrogen) atoms. The maximum Gasteiger partial charge on any atom is 0.222 e. The van der Waals surface area contributed by atoms with Gasteiger partial charge in [-0.3, -0.25) is 4.79 Å². The number of nitrogens with zero attached hydrogens (tertiary/aromatic N) is 1. The van der Waals surface area contributed by atoms with Crippen molar-refractivity contribution in [3.8, 4) is 0 Å². The first kappa shape index (κ1) is 31.4. The molecule has 2 N–H and O–H groups in total. The molecule has 0 atom stereocenters. The van der Waals surface area contributed by atoms with E-state index in [1.165, 1.54) is 109 Å². The SMILES string of the molecule is CCCCCCCCCCCCCCCCCCCCCC(=O)N(CCCO)CCCO. The monoisotopic (exact) mass is 455 g/mol. The van der Waals surface area contributed by atoms with E-state index in [1.807, 2.05) is 0 Å². The zero-order valence-electron chi connectivity index (χ0n) is 21.6. The minimum atomic E-state index is 0.113. The molecule has 0 spiro atoms. The van der Waals surface area contributed by atoms with Crippen LogP contribution in [-0.4, -0.2) is 47.3 Å². The molecule has 0 aliphatic rings. The van der Waals surface area contributed by atoms with Crippen LogP contribution in [0.3, 0.4) is 0 Å². The first-order valence-corrected chi connectivity index (χ1v) is 14.3. The quantitative estimate of drug-likeness (QED) is 0.134. The number of hydrogen-bond donors (Lipinski definition) is 2. The van der Waals surface area contributed by atoms with Gasteiger partial charge in [-0.1, -0.05) is 122 Å². The highest BCUT2D eigenvalue weighted by Gasteiger charge is 2.12. The Hall–Kier alpha value is -0.610. The second kappa shape index (κ2) is 26.6. The summed E-state index contributed by atoms with van der Waals surface area (Å²) in [4.78, 5) is 14.1. The molecule has 0 aliphatic heterocycles. The third-order valence-corrected chi connectivity index (χ3v) is 6.52. The standard InChI is InChI=1S/C28H57NO3/c1-2-3-4-5-6-7-8-9-10-11-12-13-14-15-16-17-18-19-20-23-28(32)29(24-21-26-30)25-22-27-31/h30-31H,2-27H2,1H3. The van der Waals surface area contributed by atoms with Crippen LogP contribution in [0, 0.1) is 0 Å². The third-order valence-electron chi connectivity index (χ3n) is 6.52. The highest BCUT2D eigenvalue weighted by atomic mass is 16.3. The third kappa shape index (κ3) is 22.6. The van der Waals surface area contributed by atoms with Crippen molar-refractivity contribution in [1.29, 1.82) is 0 Å². The number of aliphatic hydroxyl groups excluding tert-OH is 2. The summed E-state index contributed by atoms with van der Waals surface area (Å²) in [5.74, 6) is 0.180. The van der Waals surface area contributed by atoms with E-state index < -0.39 is 0 Å². The topological polar surface area (TPSA) is 60.8 Å². The van der Waals surface area contributed by atoms with Crippen molar-refractivity contribution >= 4 is 5.91 Å². The van der Waals surface area contributed by atoms with Crippen LogP contribution in [0.5, 0.6) is 0 Å². The molecule has 4 heteroatoms. The Kier molecular flexibility index (Phi) is 26.1. The average Bonchev–Trinajstić information content (AvgIpc) is 2.80. The highest BCUT2D eigenvalue weighted by molar-refractivity contribution is 5.76. The Balaban J connectivity index is 3.33. The maximum absolute atomic E-state index is 12.3. The largest absolute Gasteiger partial charge is 0.396 e. The summed E-state index contributed by atoms with van der Waals surface area (Å²) < 4.78 is 0.